The Labute approximate surface area is 173 Å². The van der Waals surface area contributed by atoms with E-state index in [-0.39, 0.29) is 0 Å². The number of hydrogen-bond donors (Lipinski definition) is 0. The van der Waals surface area contributed by atoms with Gasteiger partial charge in [0.2, 0.25) is 0 Å². The van der Waals surface area contributed by atoms with Crippen molar-refractivity contribution in [2.24, 2.45) is 0 Å². The van der Waals surface area contributed by atoms with E-state index in [1.807, 2.05) is 12.1 Å². The minimum atomic E-state index is 0.539. The standard InChI is InChI=1S/C24H30ClN3/c1-2-3-16-27-17-14-19(15-18-27)24-22-8-6-4-5-7-9-23(22)28(26-24)21-12-10-20(25)11-13-21/h4,6,8-13,19H,2-3,5,7,14-18H2,1H3. The van der Waals surface area contributed by atoms with E-state index in [1.54, 1.807) is 0 Å². The number of fused-ring (bicyclic) bond motifs is 1. The Hall–Kier alpha value is -1.84. The molecule has 2 heterocycles. The summed E-state index contributed by atoms with van der Waals surface area (Å²) in [6.07, 6.45) is 16.2. The van der Waals surface area contributed by atoms with Crippen molar-refractivity contribution in [1.29, 1.82) is 0 Å². The Morgan fingerprint density at radius 3 is 2.64 bits per heavy atom. The fourth-order valence-corrected chi connectivity index (χ4v) is 4.42. The van der Waals surface area contributed by atoms with Gasteiger partial charge in [-0.15, -0.1) is 0 Å². The maximum atomic E-state index is 6.11. The van der Waals surface area contributed by atoms with Crippen molar-refractivity contribution in [2.75, 3.05) is 19.6 Å². The molecule has 4 rings (SSSR count). The van der Waals surface area contributed by atoms with E-state index in [2.05, 4.69) is 52.9 Å². The lowest BCUT2D eigenvalue weighted by Crippen LogP contribution is -2.36. The van der Waals surface area contributed by atoms with Crippen LogP contribution in [0.25, 0.3) is 17.8 Å². The van der Waals surface area contributed by atoms with E-state index < -0.39 is 0 Å². The minimum absolute atomic E-state index is 0.539. The lowest BCUT2D eigenvalue weighted by Gasteiger charge is -2.31. The molecular weight excluding hydrogens is 366 g/mol. The largest absolute Gasteiger partial charge is 0.303 e. The zero-order valence-corrected chi connectivity index (χ0v) is 17.5. The van der Waals surface area contributed by atoms with Crippen molar-refractivity contribution in [2.45, 2.75) is 51.4 Å². The first-order chi connectivity index (χ1) is 13.8. The first-order valence-corrected chi connectivity index (χ1v) is 11.1. The van der Waals surface area contributed by atoms with Crippen molar-refractivity contribution in [3.8, 4) is 5.69 Å². The highest BCUT2D eigenvalue weighted by molar-refractivity contribution is 6.30. The Morgan fingerprint density at radius 2 is 1.89 bits per heavy atom. The van der Waals surface area contributed by atoms with Gasteiger partial charge in [0.25, 0.3) is 0 Å². The van der Waals surface area contributed by atoms with Gasteiger partial charge in [-0.3, -0.25) is 0 Å². The van der Waals surface area contributed by atoms with Crippen LogP contribution in [-0.4, -0.2) is 34.3 Å². The van der Waals surface area contributed by atoms with Crippen LogP contribution in [0.1, 0.15) is 57.1 Å². The summed E-state index contributed by atoms with van der Waals surface area (Å²) in [5.41, 5.74) is 2.35. The van der Waals surface area contributed by atoms with Gasteiger partial charge >= 0.3 is 0 Å². The molecule has 0 amide bonds. The summed E-state index contributed by atoms with van der Waals surface area (Å²) in [4.78, 5) is 2.62. The van der Waals surface area contributed by atoms with Crippen molar-refractivity contribution in [1.82, 2.24) is 14.7 Å². The molecule has 2 aliphatic rings. The van der Waals surface area contributed by atoms with Crippen LogP contribution in [0.3, 0.4) is 0 Å². The number of nitrogens with zero attached hydrogens (tertiary/aromatic N) is 3. The van der Waals surface area contributed by atoms with Crippen LogP contribution < -0.4 is 10.6 Å². The maximum Gasteiger partial charge on any atom is 0.0739 e. The Balaban J connectivity index is 1.70. The highest BCUT2D eigenvalue weighted by Crippen LogP contribution is 2.25. The molecule has 3 nitrogen and oxygen atoms in total. The third kappa shape index (κ3) is 4.26. The van der Waals surface area contributed by atoms with Crippen LogP contribution in [0.2, 0.25) is 5.02 Å². The van der Waals surface area contributed by atoms with E-state index in [1.165, 1.54) is 61.6 Å². The molecule has 1 aromatic carbocycles. The van der Waals surface area contributed by atoms with Gasteiger partial charge in [-0.25, -0.2) is 4.68 Å². The first kappa shape index (κ1) is 19.5. The second kappa shape index (κ2) is 9.11. The van der Waals surface area contributed by atoms with Gasteiger partial charge in [0.1, 0.15) is 0 Å². The second-order valence-corrected chi connectivity index (χ2v) is 8.35. The number of rotatable bonds is 5. The molecule has 0 N–H and O–H groups in total. The summed E-state index contributed by atoms with van der Waals surface area (Å²) in [5, 5.41) is 8.44. The Kier molecular flexibility index (Phi) is 6.33. The fraction of sp³-hybridized carbons (Fsp3) is 0.458. The number of allylic oxidation sites excluding steroid dienone is 2. The monoisotopic (exact) mass is 395 g/mol. The number of benzene rings is 1. The Bertz CT molecular complexity index is 931. The molecule has 148 valence electrons. The SMILES string of the molecule is CCCCN1CCC(c2nn(-c3ccc(Cl)cc3)c3c2=CC=CCCC=3)CC1. The van der Waals surface area contributed by atoms with Gasteiger partial charge in [0.15, 0.2) is 0 Å². The third-order valence-electron chi connectivity index (χ3n) is 5.93. The molecule has 0 spiro atoms. The molecule has 0 radical (unpaired) electrons. The average molecular weight is 396 g/mol. The number of unbranched alkanes of at least 4 members (excludes halogenated alkanes) is 1. The van der Waals surface area contributed by atoms with Crippen LogP contribution >= 0.6 is 11.6 Å². The van der Waals surface area contributed by atoms with Crippen LogP contribution in [0, 0.1) is 0 Å². The Morgan fingerprint density at radius 1 is 1.11 bits per heavy atom. The van der Waals surface area contributed by atoms with E-state index in [0.717, 1.165) is 23.6 Å². The number of piperidine rings is 1. The summed E-state index contributed by atoms with van der Waals surface area (Å²) >= 11 is 6.11. The molecule has 4 heteroatoms. The normalized spacial score (nSPS) is 18.1. The molecule has 28 heavy (non-hydrogen) atoms. The molecule has 0 saturated carbocycles. The van der Waals surface area contributed by atoms with Gasteiger partial charge in [-0.2, -0.15) is 5.10 Å². The van der Waals surface area contributed by atoms with E-state index >= 15 is 0 Å². The summed E-state index contributed by atoms with van der Waals surface area (Å²) in [6, 6.07) is 8.02. The van der Waals surface area contributed by atoms with Gasteiger partial charge in [0, 0.05) is 16.2 Å². The fourth-order valence-electron chi connectivity index (χ4n) is 4.30. The lowest BCUT2D eigenvalue weighted by atomic mass is 9.92. The summed E-state index contributed by atoms with van der Waals surface area (Å²) < 4.78 is 2.13. The van der Waals surface area contributed by atoms with Crippen molar-refractivity contribution < 1.29 is 0 Å². The molecule has 1 fully saturated rings. The average Bonchev–Trinajstić information content (AvgIpc) is 3.04. The zero-order chi connectivity index (χ0) is 19.3. The summed E-state index contributed by atoms with van der Waals surface area (Å²) in [5.74, 6) is 0.539. The van der Waals surface area contributed by atoms with E-state index in [0.29, 0.717) is 5.92 Å². The third-order valence-corrected chi connectivity index (χ3v) is 6.18. The predicted molar refractivity (Wildman–Crippen MR) is 118 cm³/mol. The molecular formula is C24H30ClN3. The minimum Gasteiger partial charge on any atom is -0.303 e. The van der Waals surface area contributed by atoms with E-state index in [9.17, 15) is 0 Å². The van der Waals surface area contributed by atoms with Crippen LogP contribution in [-0.2, 0) is 0 Å². The number of likely N-dealkylation sites (tertiary alicyclic amines) is 1. The molecule has 0 unspecified atom stereocenters. The molecule has 1 aliphatic carbocycles. The van der Waals surface area contributed by atoms with Gasteiger partial charge < -0.3 is 4.90 Å². The first-order valence-electron chi connectivity index (χ1n) is 10.7. The zero-order valence-electron chi connectivity index (χ0n) is 16.8. The van der Waals surface area contributed by atoms with Gasteiger partial charge in [-0.1, -0.05) is 49.2 Å². The molecule has 2 aromatic rings. The number of aromatic nitrogens is 2. The molecule has 0 bridgehead atoms. The summed E-state index contributed by atoms with van der Waals surface area (Å²) in [7, 11) is 0. The molecule has 1 aromatic heterocycles. The quantitative estimate of drug-likeness (QED) is 0.747. The smallest absolute Gasteiger partial charge is 0.0739 e. The lowest BCUT2D eigenvalue weighted by molar-refractivity contribution is 0.208. The van der Waals surface area contributed by atoms with Gasteiger partial charge in [0.05, 0.1) is 16.7 Å². The number of halogens is 1. The van der Waals surface area contributed by atoms with Crippen LogP contribution in [0.15, 0.2) is 36.4 Å². The summed E-state index contributed by atoms with van der Waals surface area (Å²) in [6.45, 7) is 5.89. The topological polar surface area (TPSA) is 21.1 Å². The predicted octanol–water partition coefficient (Wildman–Crippen LogP) is 4.42. The molecule has 1 aliphatic heterocycles. The van der Waals surface area contributed by atoms with Crippen molar-refractivity contribution in [3.05, 3.63) is 57.7 Å². The second-order valence-electron chi connectivity index (χ2n) is 7.92. The maximum absolute atomic E-state index is 6.11. The highest BCUT2D eigenvalue weighted by atomic mass is 35.5. The van der Waals surface area contributed by atoms with Crippen molar-refractivity contribution in [3.63, 3.8) is 0 Å². The number of hydrogen-bond acceptors (Lipinski definition) is 2. The van der Waals surface area contributed by atoms with Crippen LogP contribution in [0.5, 0.6) is 0 Å². The van der Waals surface area contributed by atoms with Crippen LogP contribution in [0.4, 0.5) is 0 Å². The molecule has 1 saturated heterocycles. The van der Waals surface area contributed by atoms with E-state index in [4.69, 9.17) is 16.7 Å². The highest BCUT2D eigenvalue weighted by Gasteiger charge is 2.24. The van der Waals surface area contributed by atoms with Gasteiger partial charge in [-0.05, 0) is 76.0 Å². The van der Waals surface area contributed by atoms with Crippen molar-refractivity contribution >= 4 is 23.8 Å². The molecule has 0 atom stereocenters.